The maximum atomic E-state index is 14.0. The van der Waals surface area contributed by atoms with Crippen molar-refractivity contribution in [1.82, 2.24) is 0 Å². The normalized spacial score (nSPS) is 12.8. The monoisotopic (exact) mass is 302 g/mol. The molecular formula is C13H16BrFO2. The van der Waals surface area contributed by atoms with E-state index in [-0.39, 0.29) is 29.0 Å². The fraction of sp³-hybridized carbons (Fsp3) is 0.462. The first kappa shape index (κ1) is 14.3. The van der Waals surface area contributed by atoms with Crippen LogP contribution in [-0.4, -0.2) is 16.2 Å². The molecule has 1 aromatic carbocycles. The standard InChI is InChI=1S/C13H16BrFO2/c1-8(2)11(16)6-9-4-3-5-10(13(9)15)12(17)7-14/h3-5,8,12,17H,6-7H2,1-2H3/t12-/m0/s1. The summed E-state index contributed by atoms with van der Waals surface area (Å²) in [6.45, 7) is 3.58. The highest BCUT2D eigenvalue weighted by molar-refractivity contribution is 9.09. The number of carbonyl (C=O) groups excluding carboxylic acids is 1. The van der Waals surface area contributed by atoms with Gasteiger partial charge in [0.1, 0.15) is 11.6 Å². The molecule has 1 N–H and O–H groups in total. The van der Waals surface area contributed by atoms with Crippen LogP contribution in [-0.2, 0) is 11.2 Å². The average molecular weight is 303 g/mol. The molecule has 0 heterocycles. The Kier molecular flexibility index (Phi) is 5.28. The van der Waals surface area contributed by atoms with Gasteiger partial charge >= 0.3 is 0 Å². The minimum Gasteiger partial charge on any atom is -0.387 e. The predicted molar refractivity (Wildman–Crippen MR) is 68.7 cm³/mol. The lowest BCUT2D eigenvalue weighted by atomic mass is 9.98. The number of carbonyl (C=O) groups is 1. The molecule has 1 aromatic rings. The molecule has 0 saturated heterocycles. The first-order valence-corrected chi connectivity index (χ1v) is 6.63. The van der Waals surface area contributed by atoms with Crippen molar-refractivity contribution in [2.75, 3.05) is 5.33 Å². The van der Waals surface area contributed by atoms with Crippen LogP contribution in [0.25, 0.3) is 0 Å². The van der Waals surface area contributed by atoms with Crippen LogP contribution in [0, 0.1) is 11.7 Å². The minimum absolute atomic E-state index is 0.00520. The summed E-state index contributed by atoms with van der Waals surface area (Å²) in [4.78, 5) is 11.6. The number of aliphatic hydroxyl groups is 1. The summed E-state index contributed by atoms with van der Waals surface area (Å²) in [6, 6.07) is 4.78. The molecule has 0 saturated carbocycles. The van der Waals surface area contributed by atoms with Gasteiger partial charge in [-0.2, -0.15) is 0 Å². The molecule has 0 aliphatic carbocycles. The van der Waals surface area contributed by atoms with Crippen molar-refractivity contribution in [2.45, 2.75) is 26.4 Å². The Morgan fingerprint density at radius 3 is 2.65 bits per heavy atom. The predicted octanol–water partition coefficient (Wildman–Crippen LogP) is 3.02. The number of benzene rings is 1. The van der Waals surface area contributed by atoms with Crippen LogP contribution >= 0.6 is 15.9 Å². The van der Waals surface area contributed by atoms with Gasteiger partial charge in [0.25, 0.3) is 0 Å². The molecule has 0 aliphatic rings. The van der Waals surface area contributed by atoms with E-state index in [1.807, 2.05) is 0 Å². The van der Waals surface area contributed by atoms with Gasteiger partial charge in [-0.3, -0.25) is 4.79 Å². The Hall–Kier alpha value is -0.740. The van der Waals surface area contributed by atoms with Gasteiger partial charge in [-0.05, 0) is 5.56 Å². The van der Waals surface area contributed by atoms with Crippen molar-refractivity contribution >= 4 is 21.7 Å². The van der Waals surface area contributed by atoms with Crippen LogP contribution in [0.4, 0.5) is 4.39 Å². The number of alkyl halides is 1. The van der Waals surface area contributed by atoms with Crippen LogP contribution in [0.5, 0.6) is 0 Å². The zero-order chi connectivity index (χ0) is 13.0. The van der Waals surface area contributed by atoms with Crippen LogP contribution in [0.2, 0.25) is 0 Å². The molecule has 4 heteroatoms. The summed E-state index contributed by atoms with van der Waals surface area (Å²) in [5.41, 5.74) is 0.581. The lowest BCUT2D eigenvalue weighted by Crippen LogP contribution is -2.13. The van der Waals surface area contributed by atoms with E-state index < -0.39 is 11.9 Å². The summed E-state index contributed by atoms with van der Waals surface area (Å²) < 4.78 is 14.0. The molecular weight excluding hydrogens is 287 g/mol. The summed E-state index contributed by atoms with van der Waals surface area (Å²) in [6.07, 6.45) is -0.809. The zero-order valence-corrected chi connectivity index (χ0v) is 11.5. The number of halogens is 2. The molecule has 0 aliphatic heterocycles. The Bertz CT molecular complexity index is 404. The second kappa shape index (κ2) is 6.26. The highest BCUT2D eigenvalue weighted by Gasteiger charge is 2.17. The Labute approximate surface area is 109 Å². The fourth-order valence-electron chi connectivity index (χ4n) is 1.47. The molecule has 0 fully saturated rings. The number of ketones is 1. The molecule has 2 nitrogen and oxygen atoms in total. The SMILES string of the molecule is CC(C)C(=O)Cc1cccc([C@@H](O)CBr)c1F. The van der Waals surface area contributed by atoms with E-state index in [1.165, 1.54) is 6.07 Å². The van der Waals surface area contributed by atoms with E-state index >= 15 is 0 Å². The molecule has 94 valence electrons. The van der Waals surface area contributed by atoms with Crippen molar-refractivity contribution in [3.8, 4) is 0 Å². The number of Topliss-reactive ketones (excluding diaryl/α,β-unsaturated/α-hetero) is 1. The lowest BCUT2D eigenvalue weighted by molar-refractivity contribution is -0.121. The highest BCUT2D eigenvalue weighted by atomic mass is 79.9. The number of aliphatic hydroxyl groups excluding tert-OH is 1. The van der Waals surface area contributed by atoms with Crippen molar-refractivity contribution < 1.29 is 14.3 Å². The molecule has 0 radical (unpaired) electrons. The van der Waals surface area contributed by atoms with Crippen LogP contribution in [0.15, 0.2) is 18.2 Å². The Morgan fingerprint density at radius 1 is 1.47 bits per heavy atom. The van der Waals surface area contributed by atoms with Crippen LogP contribution < -0.4 is 0 Å². The second-order valence-electron chi connectivity index (χ2n) is 4.29. The van der Waals surface area contributed by atoms with Crippen molar-refractivity contribution in [3.05, 3.63) is 35.1 Å². The Morgan fingerprint density at radius 2 is 2.12 bits per heavy atom. The highest BCUT2D eigenvalue weighted by Crippen LogP contribution is 2.22. The van der Waals surface area contributed by atoms with Crippen molar-refractivity contribution in [1.29, 1.82) is 0 Å². The van der Waals surface area contributed by atoms with Gasteiger partial charge in [0, 0.05) is 23.2 Å². The summed E-state index contributed by atoms with van der Waals surface area (Å²) >= 11 is 3.10. The average Bonchev–Trinajstić information content (AvgIpc) is 2.30. The summed E-state index contributed by atoms with van der Waals surface area (Å²) in [5.74, 6) is -0.595. The van der Waals surface area contributed by atoms with E-state index in [0.717, 1.165) is 0 Å². The molecule has 1 atom stereocenters. The minimum atomic E-state index is -0.885. The third kappa shape index (κ3) is 3.61. The zero-order valence-electron chi connectivity index (χ0n) is 9.91. The summed E-state index contributed by atoms with van der Waals surface area (Å²) in [7, 11) is 0. The number of rotatable bonds is 5. The van der Waals surface area contributed by atoms with Gasteiger partial charge < -0.3 is 5.11 Å². The number of hydrogen-bond acceptors (Lipinski definition) is 2. The van der Waals surface area contributed by atoms with Crippen LogP contribution in [0.3, 0.4) is 0 Å². The maximum Gasteiger partial charge on any atom is 0.139 e. The largest absolute Gasteiger partial charge is 0.387 e. The quantitative estimate of drug-likeness (QED) is 0.849. The van der Waals surface area contributed by atoms with Gasteiger partial charge in [-0.25, -0.2) is 4.39 Å². The van der Waals surface area contributed by atoms with E-state index in [2.05, 4.69) is 15.9 Å². The smallest absolute Gasteiger partial charge is 0.139 e. The van der Waals surface area contributed by atoms with Crippen molar-refractivity contribution in [3.63, 3.8) is 0 Å². The lowest BCUT2D eigenvalue weighted by Gasteiger charge is -2.12. The molecule has 1 rings (SSSR count). The van der Waals surface area contributed by atoms with Crippen molar-refractivity contribution in [2.24, 2.45) is 5.92 Å². The van der Waals surface area contributed by atoms with Crippen LogP contribution in [0.1, 0.15) is 31.1 Å². The molecule has 0 aromatic heterocycles. The van der Waals surface area contributed by atoms with E-state index in [1.54, 1.807) is 26.0 Å². The topological polar surface area (TPSA) is 37.3 Å². The van der Waals surface area contributed by atoms with Gasteiger partial charge in [-0.15, -0.1) is 0 Å². The molecule has 0 unspecified atom stereocenters. The summed E-state index contributed by atoms with van der Waals surface area (Å²) in [5, 5.41) is 9.88. The Balaban J connectivity index is 2.98. The van der Waals surface area contributed by atoms with Gasteiger partial charge in [0.05, 0.1) is 6.10 Å². The van der Waals surface area contributed by atoms with E-state index in [9.17, 15) is 14.3 Å². The van der Waals surface area contributed by atoms with E-state index in [0.29, 0.717) is 5.56 Å². The fourth-order valence-corrected chi connectivity index (χ4v) is 1.82. The first-order chi connectivity index (χ1) is 7.97. The number of hydrogen-bond donors (Lipinski definition) is 1. The van der Waals surface area contributed by atoms with Gasteiger partial charge in [0.15, 0.2) is 0 Å². The maximum absolute atomic E-state index is 14.0. The van der Waals surface area contributed by atoms with Gasteiger partial charge in [0.2, 0.25) is 0 Å². The first-order valence-electron chi connectivity index (χ1n) is 5.51. The third-order valence-corrected chi connectivity index (χ3v) is 3.24. The molecule has 0 amide bonds. The van der Waals surface area contributed by atoms with E-state index in [4.69, 9.17) is 0 Å². The molecule has 17 heavy (non-hydrogen) atoms. The second-order valence-corrected chi connectivity index (χ2v) is 4.94. The van der Waals surface area contributed by atoms with Gasteiger partial charge in [-0.1, -0.05) is 48.0 Å². The molecule has 0 spiro atoms. The third-order valence-electron chi connectivity index (χ3n) is 2.62. The molecule has 0 bridgehead atoms.